The lowest BCUT2D eigenvalue weighted by Crippen LogP contribution is -2.30. The fourth-order valence-electron chi connectivity index (χ4n) is 9.88. The molecule has 0 spiro atoms. The number of carbonyl (C=O) groups excluding carboxylic acids is 3. The fourth-order valence-corrected chi connectivity index (χ4v) is 9.88. The van der Waals surface area contributed by atoms with Gasteiger partial charge < -0.3 is 14.2 Å². The van der Waals surface area contributed by atoms with Crippen molar-refractivity contribution in [1.29, 1.82) is 0 Å². The van der Waals surface area contributed by atoms with Crippen molar-refractivity contribution in [3.8, 4) is 0 Å². The largest absolute Gasteiger partial charge is 0.462 e. The Balaban J connectivity index is 4.24. The summed E-state index contributed by atoms with van der Waals surface area (Å²) in [5.41, 5.74) is 0. The van der Waals surface area contributed by atoms with Crippen LogP contribution >= 0.6 is 0 Å². The second kappa shape index (κ2) is 55.2. The van der Waals surface area contributed by atoms with Crippen LogP contribution in [-0.2, 0) is 28.6 Å². The molecule has 0 unspecified atom stereocenters. The number of rotatable bonds is 57. The minimum absolute atomic E-state index is 0.0629. The summed E-state index contributed by atoms with van der Waals surface area (Å²) < 4.78 is 16.9. The van der Waals surface area contributed by atoms with Crippen molar-refractivity contribution in [3.63, 3.8) is 0 Å². The summed E-state index contributed by atoms with van der Waals surface area (Å²) in [5.74, 6) is 1.68. The molecule has 1 atom stereocenters. The minimum Gasteiger partial charge on any atom is -0.462 e. The summed E-state index contributed by atoms with van der Waals surface area (Å²) in [6.45, 7) is 13.8. The van der Waals surface area contributed by atoms with Gasteiger partial charge in [-0.05, 0) is 37.0 Å². The second-order valence-corrected chi connectivity index (χ2v) is 23.5. The monoisotopic (exact) mass is 989 g/mol. The van der Waals surface area contributed by atoms with E-state index >= 15 is 0 Å². The molecule has 0 aromatic heterocycles. The number of esters is 3. The van der Waals surface area contributed by atoms with Crippen molar-refractivity contribution >= 4 is 17.9 Å². The number of carbonyl (C=O) groups is 3. The van der Waals surface area contributed by atoms with Crippen LogP contribution in [0.15, 0.2) is 0 Å². The summed E-state index contributed by atoms with van der Waals surface area (Å²) in [6.07, 6.45) is 59.7. The first-order valence-corrected chi connectivity index (χ1v) is 31.6. The highest BCUT2D eigenvalue weighted by Crippen LogP contribution is 2.19. The molecule has 0 saturated carbocycles. The van der Waals surface area contributed by atoms with Gasteiger partial charge in [0.1, 0.15) is 13.2 Å². The molecular weight excluding hydrogens is 865 g/mol. The molecule has 6 heteroatoms. The van der Waals surface area contributed by atoms with E-state index in [0.29, 0.717) is 19.3 Å². The zero-order valence-corrected chi connectivity index (χ0v) is 48.3. The zero-order valence-electron chi connectivity index (χ0n) is 48.3. The Hall–Kier alpha value is -1.59. The molecule has 70 heavy (non-hydrogen) atoms. The number of unbranched alkanes of at least 4 members (excludes halogenated alkanes) is 40. The molecule has 0 amide bonds. The fraction of sp³-hybridized carbons (Fsp3) is 0.953. The minimum atomic E-state index is -0.764. The van der Waals surface area contributed by atoms with Crippen LogP contribution in [-0.4, -0.2) is 37.2 Å². The van der Waals surface area contributed by atoms with Crippen LogP contribution in [0.25, 0.3) is 0 Å². The van der Waals surface area contributed by atoms with Gasteiger partial charge in [0, 0.05) is 19.3 Å². The van der Waals surface area contributed by atoms with Crippen LogP contribution in [0, 0.1) is 17.8 Å². The highest BCUT2D eigenvalue weighted by molar-refractivity contribution is 5.71. The van der Waals surface area contributed by atoms with Crippen molar-refractivity contribution in [2.45, 2.75) is 362 Å². The first-order valence-electron chi connectivity index (χ1n) is 31.6. The molecule has 0 fully saturated rings. The summed E-state index contributed by atoms with van der Waals surface area (Å²) in [5, 5.41) is 0. The van der Waals surface area contributed by atoms with Gasteiger partial charge in [-0.3, -0.25) is 14.4 Å². The molecule has 416 valence electrons. The van der Waals surface area contributed by atoms with Crippen molar-refractivity contribution in [1.82, 2.24) is 0 Å². The van der Waals surface area contributed by atoms with Crippen LogP contribution in [0.3, 0.4) is 0 Å². The van der Waals surface area contributed by atoms with Gasteiger partial charge in [-0.15, -0.1) is 0 Å². The Morgan fingerprint density at radius 3 is 0.614 bits per heavy atom. The van der Waals surface area contributed by atoms with Gasteiger partial charge in [-0.1, -0.05) is 318 Å². The molecular formula is C64H124O6. The van der Waals surface area contributed by atoms with E-state index in [9.17, 15) is 14.4 Å². The van der Waals surface area contributed by atoms with Crippen molar-refractivity contribution in [3.05, 3.63) is 0 Å². The number of hydrogen-bond acceptors (Lipinski definition) is 6. The summed E-state index contributed by atoms with van der Waals surface area (Å²) in [4.78, 5) is 38.2. The van der Waals surface area contributed by atoms with Crippen LogP contribution in [0.5, 0.6) is 0 Å². The van der Waals surface area contributed by atoms with Gasteiger partial charge in [-0.25, -0.2) is 0 Å². The average molecular weight is 990 g/mol. The molecule has 0 heterocycles. The van der Waals surface area contributed by atoms with Crippen LogP contribution < -0.4 is 0 Å². The Morgan fingerprint density at radius 2 is 0.414 bits per heavy atom. The van der Waals surface area contributed by atoms with Gasteiger partial charge in [0.25, 0.3) is 0 Å². The SMILES string of the molecule is CC(C)CCCCCCCCCCCCCCCCCCCCC(=O)OC[C@H](COC(=O)CCCCCCCCCCCC(C)C)OC(=O)CCCCCCCCCCCCCCCCCCC(C)C. The quantitative estimate of drug-likeness (QED) is 0.0343. The molecule has 0 aromatic rings. The standard InChI is InChI=1S/C64H124O6/c1-58(2)50-44-38-32-26-21-17-13-9-7-8-10-15-19-23-29-35-41-47-53-62(65)68-56-61(57-69-63(66)54-48-42-36-31-25-28-34-40-46-52-60(5)6)70-64(67)55-49-43-37-30-24-20-16-12-11-14-18-22-27-33-39-45-51-59(3)4/h58-61H,7-57H2,1-6H3/t61-/m1/s1. The second-order valence-electron chi connectivity index (χ2n) is 23.5. The summed E-state index contributed by atoms with van der Waals surface area (Å²) in [6, 6.07) is 0. The van der Waals surface area contributed by atoms with Gasteiger partial charge >= 0.3 is 17.9 Å². The maximum Gasteiger partial charge on any atom is 0.306 e. The van der Waals surface area contributed by atoms with Gasteiger partial charge in [0.15, 0.2) is 6.10 Å². The number of hydrogen-bond donors (Lipinski definition) is 0. The third-order valence-corrected chi connectivity index (χ3v) is 14.6. The maximum absolute atomic E-state index is 12.9. The van der Waals surface area contributed by atoms with E-state index < -0.39 is 6.10 Å². The van der Waals surface area contributed by atoms with Crippen molar-refractivity contribution in [2.75, 3.05) is 13.2 Å². The topological polar surface area (TPSA) is 78.9 Å². The van der Waals surface area contributed by atoms with E-state index in [0.717, 1.165) is 75.5 Å². The van der Waals surface area contributed by atoms with Crippen LogP contribution in [0.4, 0.5) is 0 Å². The Morgan fingerprint density at radius 1 is 0.243 bits per heavy atom. The Bertz CT molecular complexity index is 1090. The lowest BCUT2D eigenvalue weighted by Gasteiger charge is -2.18. The lowest BCUT2D eigenvalue weighted by molar-refractivity contribution is -0.167. The van der Waals surface area contributed by atoms with Crippen LogP contribution in [0.2, 0.25) is 0 Å². The Kier molecular flexibility index (Phi) is 53.9. The van der Waals surface area contributed by atoms with Crippen LogP contribution in [0.1, 0.15) is 356 Å². The predicted octanol–water partition coefficient (Wildman–Crippen LogP) is 21.1. The van der Waals surface area contributed by atoms with E-state index in [1.807, 2.05) is 0 Å². The van der Waals surface area contributed by atoms with Crippen molar-refractivity contribution < 1.29 is 28.6 Å². The maximum atomic E-state index is 12.9. The molecule has 0 aliphatic heterocycles. The predicted molar refractivity (Wildman–Crippen MR) is 303 cm³/mol. The third-order valence-electron chi connectivity index (χ3n) is 14.6. The molecule has 0 aliphatic rings. The number of ether oxygens (including phenoxy) is 3. The van der Waals surface area contributed by atoms with Gasteiger partial charge in [-0.2, -0.15) is 0 Å². The van der Waals surface area contributed by atoms with E-state index in [1.54, 1.807) is 0 Å². The molecule has 0 aliphatic carbocycles. The normalized spacial score (nSPS) is 12.1. The molecule has 0 rings (SSSR count). The third kappa shape index (κ3) is 57.3. The summed E-state index contributed by atoms with van der Waals surface area (Å²) in [7, 11) is 0. The van der Waals surface area contributed by atoms with Gasteiger partial charge in [0.2, 0.25) is 0 Å². The lowest BCUT2D eigenvalue weighted by atomic mass is 10.0. The highest BCUT2D eigenvalue weighted by atomic mass is 16.6. The highest BCUT2D eigenvalue weighted by Gasteiger charge is 2.19. The van der Waals surface area contributed by atoms with Crippen molar-refractivity contribution in [2.24, 2.45) is 17.8 Å². The first kappa shape index (κ1) is 68.4. The summed E-state index contributed by atoms with van der Waals surface area (Å²) >= 11 is 0. The smallest absolute Gasteiger partial charge is 0.306 e. The molecule has 0 radical (unpaired) electrons. The molecule has 0 saturated heterocycles. The van der Waals surface area contributed by atoms with Gasteiger partial charge in [0.05, 0.1) is 0 Å². The van der Waals surface area contributed by atoms with E-state index in [4.69, 9.17) is 14.2 Å². The molecule has 0 aromatic carbocycles. The molecule has 0 bridgehead atoms. The zero-order chi connectivity index (χ0) is 51.2. The van der Waals surface area contributed by atoms with E-state index in [1.165, 1.54) is 238 Å². The average Bonchev–Trinajstić information content (AvgIpc) is 3.32. The van der Waals surface area contributed by atoms with E-state index in [2.05, 4.69) is 41.5 Å². The molecule has 0 N–H and O–H groups in total. The Labute approximate surface area is 438 Å². The molecule has 6 nitrogen and oxygen atoms in total. The van der Waals surface area contributed by atoms with E-state index in [-0.39, 0.29) is 31.1 Å². The first-order chi connectivity index (χ1) is 34.1.